The van der Waals surface area contributed by atoms with Crippen molar-refractivity contribution in [1.82, 2.24) is 0 Å². The van der Waals surface area contributed by atoms with Gasteiger partial charge in [-0.2, -0.15) is 0 Å². The van der Waals surface area contributed by atoms with Crippen LogP contribution >= 0.6 is 15.9 Å². The molecule has 1 aromatic carbocycles. The predicted octanol–water partition coefficient (Wildman–Crippen LogP) is 2.26. The molecule has 0 aromatic heterocycles. The van der Waals surface area contributed by atoms with Gasteiger partial charge >= 0.3 is 5.97 Å². The zero-order valence-corrected chi connectivity index (χ0v) is 10.1. The van der Waals surface area contributed by atoms with Gasteiger partial charge in [0, 0.05) is 10.9 Å². The fraction of sp³-hybridized carbons (Fsp3) is 0.273. The molecule has 80 valence electrons. The van der Waals surface area contributed by atoms with Crippen LogP contribution in [0, 0.1) is 13.8 Å². The number of hydrogen-bond acceptors (Lipinski definition) is 2. The number of carbonyl (C=O) groups excluding carboxylic acids is 1. The van der Waals surface area contributed by atoms with Gasteiger partial charge in [0.2, 0.25) is 5.78 Å². The summed E-state index contributed by atoms with van der Waals surface area (Å²) in [6, 6.07) is 3.65. The van der Waals surface area contributed by atoms with E-state index in [1.807, 2.05) is 19.9 Å². The molecule has 0 saturated carbocycles. The third-order valence-electron chi connectivity index (χ3n) is 2.28. The Balaban J connectivity index is 3.02. The predicted molar refractivity (Wildman–Crippen MR) is 60.0 cm³/mol. The molecule has 1 N–H and O–H groups in total. The number of Topliss-reactive ketones (excluding diaryl/α,β-unsaturated/α-hetero) is 1. The summed E-state index contributed by atoms with van der Waals surface area (Å²) in [5, 5.41) is 8.50. The summed E-state index contributed by atoms with van der Waals surface area (Å²) in [6.45, 7) is 3.81. The molecule has 0 unspecified atom stereocenters. The highest BCUT2D eigenvalue weighted by atomic mass is 79.9. The molecular weight excluding hydrogens is 260 g/mol. The first-order valence-corrected chi connectivity index (χ1v) is 5.23. The van der Waals surface area contributed by atoms with Gasteiger partial charge in [0.05, 0.1) is 0 Å². The second-order valence-electron chi connectivity index (χ2n) is 3.39. The van der Waals surface area contributed by atoms with Gasteiger partial charge in [-0.25, -0.2) is 4.79 Å². The maximum absolute atomic E-state index is 11.0. The third-order valence-corrected chi connectivity index (χ3v) is 3.50. The Morgan fingerprint density at radius 1 is 1.33 bits per heavy atom. The Labute approximate surface area is 96.2 Å². The van der Waals surface area contributed by atoms with Crippen LogP contribution in [0.1, 0.15) is 16.7 Å². The van der Waals surface area contributed by atoms with Crippen LogP contribution < -0.4 is 0 Å². The van der Waals surface area contributed by atoms with Crippen molar-refractivity contribution in [3.63, 3.8) is 0 Å². The van der Waals surface area contributed by atoms with Crippen LogP contribution in [0.15, 0.2) is 16.6 Å². The Hall–Kier alpha value is -1.16. The molecule has 1 aromatic rings. The van der Waals surface area contributed by atoms with E-state index in [0.717, 1.165) is 21.2 Å². The van der Waals surface area contributed by atoms with Gasteiger partial charge in [-0.05, 0) is 30.5 Å². The summed E-state index contributed by atoms with van der Waals surface area (Å²) in [7, 11) is 0. The van der Waals surface area contributed by atoms with Gasteiger partial charge in [-0.3, -0.25) is 4.79 Å². The average Bonchev–Trinajstić information content (AvgIpc) is 2.18. The lowest BCUT2D eigenvalue weighted by Gasteiger charge is -2.08. The summed E-state index contributed by atoms with van der Waals surface area (Å²) >= 11 is 3.40. The van der Waals surface area contributed by atoms with Crippen molar-refractivity contribution in [2.24, 2.45) is 0 Å². The SMILES string of the molecule is Cc1ccc(CC(=O)C(=O)O)c(C)c1Br. The standard InChI is InChI=1S/C11H11BrO3/c1-6-3-4-8(7(2)10(6)12)5-9(13)11(14)15/h3-4H,5H2,1-2H3,(H,14,15). The molecule has 1 rings (SSSR count). The minimum Gasteiger partial charge on any atom is -0.475 e. The van der Waals surface area contributed by atoms with Crippen molar-refractivity contribution in [3.8, 4) is 0 Å². The Morgan fingerprint density at radius 2 is 1.93 bits per heavy atom. The largest absolute Gasteiger partial charge is 0.475 e. The van der Waals surface area contributed by atoms with E-state index in [1.165, 1.54) is 0 Å². The van der Waals surface area contributed by atoms with Crippen molar-refractivity contribution in [1.29, 1.82) is 0 Å². The molecule has 0 aliphatic rings. The number of halogens is 1. The van der Waals surface area contributed by atoms with Crippen molar-refractivity contribution < 1.29 is 14.7 Å². The smallest absolute Gasteiger partial charge is 0.372 e. The van der Waals surface area contributed by atoms with Crippen molar-refractivity contribution in [3.05, 3.63) is 33.3 Å². The van der Waals surface area contributed by atoms with E-state index in [-0.39, 0.29) is 6.42 Å². The van der Waals surface area contributed by atoms with Crippen LogP contribution in [-0.4, -0.2) is 16.9 Å². The number of carbonyl (C=O) groups is 2. The number of rotatable bonds is 3. The minimum atomic E-state index is -1.38. The summed E-state index contributed by atoms with van der Waals surface area (Å²) in [5.41, 5.74) is 2.74. The van der Waals surface area contributed by atoms with E-state index >= 15 is 0 Å². The molecule has 0 atom stereocenters. The number of carboxylic acid groups (broad SMARTS) is 1. The molecule has 0 bridgehead atoms. The second-order valence-corrected chi connectivity index (χ2v) is 4.18. The van der Waals surface area contributed by atoms with Crippen LogP contribution in [0.4, 0.5) is 0 Å². The zero-order valence-electron chi connectivity index (χ0n) is 8.50. The van der Waals surface area contributed by atoms with Gasteiger partial charge in [-0.1, -0.05) is 28.1 Å². The highest BCUT2D eigenvalue weighted by Gasteiger charge is 2.14. The molecule has 0 spiro atoms. The fourth-order valence-corrected chi connectivity index (χ4v) is 1.69. The lowest BCUT2D eigenvalue weighted by molar-refractivity contribution is -0.148. The number of carboxylic acids is 1. The number of hydrogen-bond donors (Lipinski definition) is 1. The van der Waals surface area contributed by atoms with Crippen molar-refractivity contribution >= 4 is 27.7 Å². The van der Waals surface area contributed by atoms with E-state index in [4.69, 9.17) is 5.11 Å². The lowest BCUT2D eigenvalue weighted by Crippen LogP contribution is -2.15. The maximum atomic E-state index is 11.0. The molecular formula is C11H11BrO3. The summed E-state index contributed by atoms with van der Waals surface area (Å²) in [4.78, 5) is 21.5. The average molecular weight is 271 g/mol. The lowest BCUT2D eigenvalue weighted by atomic mass is 10.0. The number of aryl methyl sites for hydroxylation is 1. The van der Waals surface area contributed by atoms with E-state index in [0.29, 0.717) is 0 Å². The van der Waals surface area contributed by atoms with E-state index in [1.54, 1.807) is 6.07 Å². The van der Waals surface area contributed by atoms with Gasteiger partial charge in [0.1, 0.15) is 0 Å². The zero-order chi connectivity index (χ0) is 11.6. The van der Waals surface area contributed by atoms with Crippen LogP contribution in [0.3, 0.4) is 0 Å². The minimum absolute atomic E-state index is 0.0555. The topological polar surface area (TPSA) is 54.4 Å². The molecule has 0 aliphatic carbocycles. The first-order valence-electron chi connectivity index (χ1n) is 4.44. The molecule has 4 heteroatoms. The Bertz CT molecular complexity index is 424. The van der Waals surface area contributed by atoms with Crippen molar-refractivity contribution in [2.45, 2.75) is 20.3 Å². The summed E-state index contributed by atoms with van der Waals surface area (Å²) in [6.07, 6.45) is -0.0555. The summed E-state index contributed by atoms with van der Waals surface area (Å²) < 4.78 is 0.929. The van der Waals surface area contributed by atoms with Crippen LogP contribution in [0.2, 0.25) is 0 Å². The molecule has 0 saturated heterocycles. The normalized spacial score (nSPS) is 10.1. The van der Waals surface area contributed by atoms with Crippen LogP contribution in [0.25, 0.3) is 0 Å². The number of benzene rings is 1. The molecule has 0 aliphatic heterocycles. The Morgan fingerprint density at radius 3 is 2.47 bits per heavy atom. The first kappa shape index (κ1) is 11.9. The molecule has 0 radical (unpaired) electrons. The molecule has 0 fully saturated rings. The third kappa shape index (κ3) is 2.65. The van der Waals surface area contributed by atoms with Gasteiger partial charge in [0.25, 0.3) is 0 Å². The molecule has 3 nitrogen and oxygen atoms in total. The van der Waals surface area contributed by atoms with E-state index in [2.05, 4.69) is 15.9 Å². The van der Waals surface area contributed by atoms with Crippen molar-refractivity contribution in [2.75, 3.05) is 0 Å². The molecule has 15 heavy (non-hydrogen) atoms. The first-order chi connectivity index (χ1) is 6.93. The monoisotopic (exact) mass is 270 g/mol. The van der Waals surface area contributed by atoms with Gasteiger partial charge in [-0.15, -0.1) is 0 Å². The quantitative estimate of drug-likeness (QED) is 0.858. The molecule has 0 amide bonds. The molecule has 0 heterocycles. The van der Waals surface area contributed by atoms with Crippen LogP contribution in [0.5, 0.6) is 0 Å². The van der Waals surface area contributed by atoms with Crippen LogP contribution in [-0.2, 0) is 16.0 Å². The van der Waals surface area contributed by atoms with E-state index in [9.17, 15) is 9.59 Å². The van der Waals surface area contributed by atoms with Gasteiger partial charge in [0.15, 0.2) is 0 Å². The second kappa shape index (κ2) is 4.57. The highest BCUT2D eigenvalue weighted by Crippen LogP contribution is 2.24. The van der Waals surface area contributed by atoms with Gasteiger partial charge < -0.3 is 5.11 Å². The van der Waals surface area contributed by atoms with E-state index < -0.39 is 11.8 Å². The maximum Gasteiger partial charge on any atom is 0.372 e. The number of ketones is 1. The highest BCUT2D eigenvalue weighted by molar-refractivity contribution is 9.10. The number of aliphatic carboxylic acids is 1. The Kier molecular flexibility index (Phi) is 3.63. The fourth-order valence-electron chi connectivity index (χ4n) is 1.30. The summed E-state index contributed by atoms with van der Waals surface area (Å²) in [5.74, 6) is -2.17.